The van der Waals surface area contributed by atoms with E-state index in [1.807, 2.05) is 12.1 Å². The third-order valence-corrected chi connectivity index (χ3v) is 3.91. The molecule has 0 atom stereocenters. The van der Waals surface area contributed by atoms with E-state index in [2.05, 4.69) is 4.98 Å². The predicted octanol–water partition coefficient (Wildman–Crippen LogP) is 4.70. The van der Waals surface area contributed by atoms with E-state index in [9.17, 15) is 0 Å². The smallest absolute Gasteiger partial charge is 0.146 e. The van der Waals surface area contributed by atoms with E-state index in [1.165, 1.54) is 0 Å². The molecule has 5 heteroatoms. The number of halogens is 2. The standard InChI is InChI=1S/C16H12Cl2N2O/c17-12-4-1-5-13(18)11(12)9-21-15-7-6-14(19)10-3-2-8-20-16(10)15/h1-8H,9,19H2. The monoisotopic (exact) mass is 318 g/mol. The molecule has 0 bridgehead atoms. The molecule has 106 valence electrons. The van der Waals surface area contributed by atoms with Crippen LogP contribution in [-0.2, 0) is 6.61 Å². The second-order valence-corrected chi connectivity index (χ2v) is 5.36. The van der Waals surface area contributed by atoms with E-state index >= 15 is 0 Å². The number of aromatic nitrogens is 1. The lowest BCUT2D eigenvalue weighted by Crippen LogP contribution is -1.99. The summed E-state index contributed by atoms with van der Waals surface area (Å²) in [4.78, 5) is 4.33. The van der Waals surface area contributed by atoms with Crippen molar-refractivity contribution in [2.45, 2.75) is 6.61 Å². The van der Waals surface area contributed by atoms with Crippen molar-refractivity contribution in [2.24, 2.45) is 0 Å². The largest absolute Gasteiger partial charge is 0.487 e. The molecule has 0 saturated heterocycles. The highest BCUT2D eigenvalue weighted by Crippen LogP contribution is 2.30. The number of pyridine rings is 1. The van der Waals surface area contributed by atoms with Crippen LogP contribution in [0, 0.1) is 0 Å². The quantitative estimate of drug-likeness (QED) is 0.712. The maximum absolute atomic E-state index is 6.14. The highest BCUT2D eigenvalue weighted by atomic mass is 35.5. The van der Waals surface area contributed by atoms with Gasteiger partial charge in [-0.05, 0) is 36.4 Å². The maximum atomic E-state index is 6.14. The number of fused-ring (bicyclic) bond motifs is 1. The third-order valence-electron chi connectivity index (χ3n) is 3.20. The summed E-state index contributed by atoms with van der Waals surface area (Å²) in [6.07, 6.45) is 1.71. The summed E-state index contributed by atoms with van der Waals surface area (Å²) in [7, 11) is 0. The highest BCUT2D eigenvalue weighted by Gasteiger charge is 2.09. The number of hydrogen-bond donors (Lipinski definition) is 1. The van der Waals surface area contributed by atoms with Crippen LogP contribution in [-0.4, -0.2) is 4.98 Å². The second kappa shape index (κ2) is 5.80. The van der Waals surface area contributed by atoms with Crippen molar-refractivity contribution in [1.29, 1.82) is 0 Å². The van der Waals surface area contributed by atoms with Gasteiger partial charge in [-0.15, -0.1) is 0 Å². The number of nitrogen functional groups attached to an aromatic ring is 1. The summed E-state index contributed by atoms with van der Waals surface area (Å²) in [5.41, 5.74) is 8.09. The van der Waals surface area contributed by atoms with Gasteiger partial charge in [0.2, 0.25) is 0 Å². The maximum Gasteiger partial charge on any atom is 0.146 e. The number of ether oxygens (including phenoxy) is 1. The lowest BCUT2D eigenvalue weighted by molar-refractivity contribution is 0.309. The summed E-state index contributed by atoms with van der Waals surface area (Å²) >= 11 is 12.3. The average molecular weight is 319 g/mol. The summed E-state index contributed by atoms with van der Waals surface area (Å²) in [5.74, 6) is 0.649. The highest BCUT2D eigenvalue weighted by molar-refractivity contribution is 6.35. The summed E-state index contributed by atoms with van der Waals surface area (Å²) < 4.78 is 5.84. The Morgan fingerprint density at radius 2 is 1.76 bits per heavy atom. The van der Waals surface area contributed by atoms with E-state index in [-0.39, 0.29) is 6.61 Å². The van der Waals surface area contributed by atoms with Gasteiger partial charge in [-0.1, -0.05) is 29.3 Å². The van der Waals surface area contributed by atoms with Crippen LogP contribution in [0.4, 0.5) is 5.69 Å². The minimum absolute atomic E-state index is 0.272. The Morgan fingerprint density at radius 3 is 2.52 bits per heavy atom. The van der Waals surface area contributed by atoms with Crippen LogP contribution in [0.1, 0.15) is 5.56 Å². The fourth-order valence-corrected chi connectivity index (χ4v) is 2.61. The van der Waals surface area contributed by atoms with Gasteiger partial charge in [0, 0.05) is 32.9 Å². The van der Waals surface area contributed by atoms with Crippen molar-refractivity contribution in [3.63, 3.8) is 0 Å². The van der Waals surface area contributed by atoms with Gasteiger partial charge in [0.05, 0.1) is 0 Å². The molecule has 2 aromatic carbocycles. The number of anilines is 1. The molecule has 1 aromatic heterocycles. The van der Waals surface area contributed by atoms with E-state index in [1.54, 1.807) is 36.5 Å². The van der Waals surface area contributed by atoms with E-state index in [4.69, 9.17) is 33.7 Å². The van der Waals surface area contributed by atoms with Gasteiger partial charge in [0.25, 0.3) is 0 Å². The van der Waals surface area contributed by atoms with E-state index in [0.29, 0.717) is 21.5 Å². The summed E-state index contributed by atoms with van der Waals surface area (Å²) in [5, 5.41) is 2.02. The first-order valence-electron chi connectivity index (χ1n) is 6.35. The lowest BCUT2D eigenvalue weighted by atomic mass is 10.1. The minimum Gasteiger partial charge on any atom is -0.487 e. The Balaban J connectivity index is 1.94. The third kappa shape index (κ3) is 2.75. The Morgan fingerprint density at radius 1 is 1.00 bits per heavy atom. The molecule has 3 aromatic rings. The molecule has 0 aliphatic carbocycles. The molecule has 0 spiro atoms. The first-order valence-corrected chi connectivity index (χ1v) is 7.11. The Kier molecular flexibility index (Phi) is 3.86. The molecule has 0 unspecified atom stereocenters. The van der Waals surface area contributed by atoms with Crippen molar-refractivity contribution < 1.29 is 4.74 Å². The molecule has 0 amide bonds. The molecular weight excluding hydrogens is 307 g/mol. The Hall–Kier alpha value is -1.97. The molecule has 0 aliphatic rings. The molecule has 3 rings (SSSR count). The minimum atomic E-state index is 0.272. The Bertz CT molecular complexity index is 785. The van der Waals surface area contributed by atoms with Gasteiger partial charge in [-0.2, -0.15) is 0 Å². The molecule has 0 saturated carbocycles. The molecule has 1 heterocycles. The van der Waals surface area contributed by atoms with Crippen molar-refractivity contribution >= 4 is 39.8 Å². The van der Waals surface area contributed by atoms with E-state index in [0.717, 1.165) is 16.5 Å². The zero-order valence-electron chi connectivity index (χ0n) is 11.0. The SMILES string of the molecule is Nc1ccc(OCc2c(Cl)cccc2Cl)c2ncccc12. The zero-order chi connectivity index (χ0) is 14.8. The molecule has 2 N–H and O–H groups in total. The number of nitrogens with zero attached hydrogens (tertiary/aromatic N) is 1. The van der Waals surface area contributed by atoms with Gasteiger partial charge < -0.3 is 10.5 Å². The number of hydrogen-bond acceptors (Lipinski definition) is 3. The van der Waals surface area contributed by atoms with Gasteiger partial charge in [-0.3, -0.25) is 4.98 Å². The van der Waals surface area contributed by atoms with Crippen LogP contribution in [0.15, 0.2) is 48.7 Å². The van der Waals surface area contributed by atoms with Crippen LogP contribution >= 0.6 is 23.2 Å². The molecule has 21 heavy (non-hydrogen) atoms. The first-order chi connectivity index (χ1) is 10.2. The molecule has 0 fully saturated rings. The van der Waals surface area contributed by atoms with Gasteiger partial charge in [0.15, 0.2) is 0 Å². The normalized spacial score (nSPS) is 10.8. The average Bonchev–Trinajstić information content (AvgIpc) is 2.49. The van der Waals surface area contributed by atoms with Crippen LogP contribution in [0.2, 0.25) is 10.0 Å². The van der Waals surface area contributed by atoms with Crippen LogP contribution < -0.4 is 10.5 Å². The molecule has 0 radical (unpaired) electrons. The topological polar surface area (TPSA) is 48.1 Å². The molecular formula is C16H12Cl2N2O. The second-order valence-electron chi connectivity index (χ2n) is 4.54. The van der Waals surface area contributed by atoms with Crippen molar-refractivity contribution in [3.05, 3.63) is 64.3 Å². The van der Waals surface area contributed by atoms with Crippen molar-refractivity contribution in [3.8, 4) is 5.75 Å². The zero-order valence-corrected chi connectivity index (χ0v) is 12.5. The number of benzene rings is 2. The summed E-state index contributed by atoms with van der Waals surface area (Å²) in [6.45, 7) is 0.272. The van der Waals surface area contributed by atoms with Gasteiger partial charge in [0.1, 0.15) is 17.9 Å². The van der Waals surface area contributed by atoms with E-state index < -0.39 is 0 Å². The van der Waals surface area contributed by atoms with Crippen molar-refractivity contribution in [1.82, 2.24) is 4.98 Å². The summed E-state index contributed by atoms with van der Waals surface area (Å²) in [6, 6.07) is 12.7. The van der Waals surface area contributed by atoms with Gasteiger partial charge in [-0.25, -0.2) is 0 Å². The van der Waals surface area contributed by atoms with Crippen LogP contribution in [0.25, 0.3) is 10.9 Å². The van der Waals surface area contributed by atoms with Crippen molar-refractivity contribution in [2.75, 3.05) is 5.73 Å². The number of rotatable bonds is 3. The lowest BCUT2D eigenvalue weighted by Gasteiger charge is -2.12. The Labute approximate surface area is 132 Å². The molecule has 0 aliphatic heterocycles. The van der Waals surface area contributed by atoms with Crippen LogP contribution in [0.5, 0.6) is 5.75 Å². The number of nitrogens with two attached hydrogens (primary N) is 1. The fraction of sp³-hybridized carbons (Fsp3) is 0.0625. The van der Waals surface area contributed by atoms with Crippen LogP contribution in [0.3, 0.4) is 0 Å². The van der Waals surface area contributed by atoms with Gasteiger partial charge >= 0.3 is 0 Å². The molecule has 3 nitrogen and oxygen atoms in total. The predicted molar refractivity (Wildman–Crippen MR) is 86.9 cm³/mol. The fourth-order valence-electron chi connectivity index (χ4n) is 2.11. The first kappa shape index (κ1) is 14.0.